The fraction of sp³-hybridized carbons (Fsp3) is 0.238. The lowest BCUT2D eigenvalue weighted by Crippen LogP contribution is -2.14. The second-order valence-corrected chi connectivity index (χ2v) is 6.33. The molecular formula is C21H19NO. The first kappa shape index (κ1) is 14.1. The lowest BCUT2D eigenvalue weighted by Gasteiger charge is -2.20. The van der Waals surface area contributed by atoms with E-state index >= 15 is 0 Å². The number of ketones is 1. The van der Waals surface area contributed by atoms with Gasteiger partial charge >= 0.3 is 0 Å². The molecule has 3 aromatic rings. The number of rotatable bonds is 2. The van der Waals surface area contributed by atoms with E-state index in [1.165, 1.54) is 11.1 Å². The lowest BCUT2D eigenvalue weighted by molar-refractivity contribution is 0.103. The Hall–Kier alpha value is -2.48. The Balaban J connectivity index is 1.97. The van der Waals surface area contributed by atoms with Gasteiger partial charge in [0.1, 0.15) is 0 Å². The van der Waals surface area contributed by atoms with Crippen molar-refractivity contribution in [1.82, 2.24) is 4.98 Å². The summed E-state index contributed by atoms with van der Waals surface area (Å²) in [6.45, 7) is 2.04. The molecule has 2 nitrogen and oxygen atoms in total. The van der Waals surface area contributed by atoms with E-state index in [1.807, 2.05) is 55.5 Å². The summed E-state index contributed by atoms with van der Waals surface area (Å²) in [5, 5.41) is 0.985. The average molecular weight is 301 g/mol. The number of carbonyl (C=O) groups excluding carboxylic acids is 1. The van der Waals surface area contributed by atoms with Gasteiger partial charge in [0.05, 0.1) is 5.52 Å². The second-order valence-electron chi connectivity index (χ2n) is 6.33. The Bertz CT molecular complexity index is 894. The monoisotopic (exact) mass is 301 g/mol. The predicted octanol–water partition coefficient (Wildman–Crippen LogP) is 4.65. The van der Waals surface area contributed by atoms with E-state index in [-0.39, 0.29) is 5.78 Å². The summed E-state index contributed by atoms with van der Waals surface area (Å²) in [6.07, 6.45) is 4.24. The smallest absolute Gasteiger partial charge is 0.194 e. The summed E-state index contributed by atoms with van der Waals surface area (Å²) in [7, 11) is 0. The molecule has 4 rings (SSSR count). The van der Waals surface area contributed by atoms with Crippen molar-refractivity contribution < 1.29 is 4.79 Å². The molecule has 0 aliphatic heterocycles. The van der Waals surface area contributed by atoms with Crippen molar-refractivity contribution in [3.8, 4) is 0 Å². The van der Waals surface area contributed by atoms with Gasteiger partial charge in [-0.25, -0.2) is 0 Å². The van der Waals surface area contributed by atoms with Gasteiger partial charge in [0.2, 0.25) is 0 Å². The molecule has 0 unspecified atom stereocenters. The summed E-state index contributed by atoms with van der Waals surface area (Å²) < 4.78 is 0. The molecule has 114 valence electrons. The number of para-hydroxylation sites is 1. The molecule has 0 spiro atoms. The van der Waals surface area contributed by atoms with Crippen LogP contribution in [0.5, 0.6) is 0 Å². The van der Waals surface area contributed by atoms with Crippen LogP contribution in [0.25, 0.3) is 10.9 Å². The predicted molar refractivity (Wildman–Crippen MR) is 93.0 cm³/mol. The first-order valence-corrected chi connectivity index (χ1v) is 8.26. The number of fused-ring (bicyclic) bond motifs is 2. The van der Waals surface area contributed by atoms with Crippen LogP contribution in [0.2, 0.25) is 0 Å². The van der Waals surface area contributed by atoms with Crippen molar-refractivity contribution in [3.63, 3.8) is 0 Å². The van der Waals surface area contributed by atoms with Crippen molar-refractivity contribution in [1.29, 1.82) is 0 Å². The normalized spacial score (nSPS) is 13.8. The molecule has 0 N–H and O–H groups in total. The fourth-order valence-electron chi connectivity index (χ4n) is 3.48. The number of hydrogen-bond acceptors (Lipinski definition) is 2. The maximum Gasteiger partial charge on any atom is 0.194 e. The second kappa shape index (κ2) is 5.62. The third-order valence-corrected chi connectivity index (χ3v) is 4.71. The molecule has 1 aliphatic carbocycles. The molecular weight excluding hydrogens is 282 g/mol. The van der Waals surface area contributed by atoms with E-state index in [1.54, 1.807) is 0 Å². The van der Waals surface area contributed by atoms with E-state index in [4.69, 9.17) is 4.98 Å². The third-order valence-electron chi connectivity index (χ3n) is 4.71. The first-order valence-electron chi connectivity index (χ1n) is 8.26. The van der Waals surface area contributed by atoms with Crippen LogP contribution in [0.4, 0.5) is 0 Å². The molecule has 23 heavy (non-hydrogen) atoms. The molecule has 0 radical (unpaired) electrons. The number of carbonyl (C=O) groups is 1. The minimum atomic E-state index is 0.127. The van der Waals surface area contributed by atoms with Gasteiger partial charge in [-0.3, -0.25) is 9.78 Å². The van der Waals surface area contributed by atoms with Gasteiger partial charge in [0.15, 0.2) is 5.78 Å². The highest BCUT2D eigenvalue weighted by atomic mass is 16.1. The molecule has 1 aromatic heterocycles. The van der Waals surface area contributed by atoms with Gasteiger partial charge in [-0.15, -0.1) is 0 Å². The Labute approximate surface area is 136 Å². The minimum absolute atomic E-state index is 0.127. The molecule has 0 saturated carbocycles. The maximum absolute atomic E-state index is 13.2. The minimum Gasteiger partial charge on any atom is -0.289 e. The molecule has 1 aliphatic rings. The van der Waals surface area contributed by atoms with Crippen LogP contribution < -0.4 is 0 Å². The van der Waals surface area contributed by atoms with Crippen LogP contribution in [0, 0.1) is 6.92 Å². The summed E-state index contributed by atoms with van der Waals surface area (Å²) in [4.78, 5) is 18.0. The van der Waals surface area contributed by atoms with Gasteiger partial charge < -0.3 is 0 Å². The quantitative estimate of drug-likeness (QED) is 0.645. The van der Waals surface area contributed by atoms with Gasteiger partial charge in [-0.2, -0.15) is 0 Å². The fourth-order valence-corrected chi connectivity index (χ4v) is 3.48. The van der Waals surface area contributed by atoms with Crippen LogP contribution in [0.3, 0.4) is 0 Å². The van der Waals surface area contributed by atoms with Crippen molar-refractivity contribution in [2.75, 3.05) is 0 Å². The molecule has 0 fully saturated rings. The zero-order valence-corrected chi connectivity index (χ0v) is 13.3. The first-order chi connectivity index (χ1) is 11.2. The molecule has 0 amide bonds. The van der Waals surface area contributed by atoms with Crippen molar-refractivity contribution in [2.24, 2.45) is 0 Å². The van der Waals surface area contributed by atoms with E-state index in [0.717, 1.165) is 53.4 Å². The number of benzene rings is 2. The van der Waals surface area contributed by atoms with Crippen LogP contribution in [-0.4, -0.2) is 10.8 Å². The van der Waals surface area contributed by atoms with Crippen LogP contribution in [0.1, 0.15) is 45.6 Å². The Morgan fingerprint density at radius 2 is 1.70 bits per heavy atom. The summed E-state index contributed by atoms with van der Waals surface area (Å²) in [5.74, 6) is 0.127. The van der Waals surface area contributed by atoms with Gasteiger partial charge in [-0.05, 0) is 44.2 Å². The molecule has 0 saturated heterocycles. The van der Waals surface area contributed by atoms with Gasteiger partial charge in [0, 0.05) is 22.2 Å². The highest BCUT2D eigenvalue weighted by Crippen LogP contribution is 2.30. The molecule has 2 aromatic carbocycles. The average Bonchev–Trinajstić information content (AvgIpc) is 2.59. The number of pyridine rings is 1. The number of hydrogen-bond donors (Lipinski definition) is 0. The van der Waals surface area contributed by atoms with Crippen LogP contribution in [-0.2, 0) is 12.8 Å². The highest BCUT2D eigenvalue weighted by Gasteiger charge is 2.23. The lowest BCUT2D eigenvalue weighted by atomic mass is 9.86. The molecule has 1 heterocycles. The Morgan fingerprint density at radius 1 is 0.957 bits per heavy atom. The number of aryl methyl sites for hydroxylation is 2. The molecule has 0 atom stereocenters. The molecule has 2 heteroatoms. The van der Waals surface area contributed by atoms with E-state index in [0.29, 0.717) is 0 Å². The van der Waals surface area contributed by atoms with E-state index in [2.05, 4.69) is 0 Å². The molecule has 0 bridgehead atoms. The summed E-state index contributed by atoms with van der Waals surface area (Å²) >= 11 is 0. The maximum atomic E-state index is 13.2. The summed E-state index contributed by atoms with van der Waals surface area (Å²) in [5.41, 5.74) is 6.02. The zero-order valence-electron chi connectivity index (χ0n) is 13.3. The number of nitrogens with zero attached hydrogens (tertiary/aromatic N) is 1. The van der Waals surface area contributed by atoms with Gasteiger partial charge in [-0.1, -0.05) is 48.0 Å². The van der Waals surface area contributed by atoms with E-state index in [9.17, 15) is 4.79 Å². The SMILES string of the molecule is Cc1ccc(C(=O)c2c3c(nc4ccccc24)CCCC3)cc1. The highest BCUT2D eigenvalue weighted by molar-refractivity contribution is 6.17. The van der Waals surface area contributed by atoms with Crippen LogP contribution >= 0.6 is 0 Å². The van der Waals surface area contributed by atoms with E-state index < -0.39 is 0 Å². The van der Waals surface area contributed by atoms with Crippen molar-refractivity contribution >= 4 is 16.7 Å². The number of aromatic nitrogens is 1. The van der Waals surface area contributed by atoms with Gasteiger partial charge in [0.25, 0.3) is 0 Å². The van der Waals surface area contributed by atoms with Crippen molar-refractivity contribution in [3.05, 3.63) is 76.5 Å². The third kappa shape index (κ3) is 2.44. The summed E-state index contributed by atoms with van der Waals surface area (Å²) in [6, 6.07) is 15.9. The largest absolute Gasteiger partial charge is 0.289 e. The topological polar surface area (TPSA) is 30.0 Å². The standard InChI is InChI=1S/C21H19NO/c1-14-10-12-15(13-11-14)21(23)20-16-6-2-4-8-18(16)22-19-9-5-3-7-17(19)20/h2,4,6,8,10-13H,3,5,7,9H2,1H3. The Kier molecular flexibility index (Phi) is 3.45. The zero-order chi connectivity index (χ0) is 15.8. The van der Waals surface area contributed by atoms with Crippen molar-refractivity contribution in [2.45, 2.75) is 32.6 Å². The Morgan fingerprint density at radius 3 is 2.52 bits per heavy atom. The van der Waals surface area contributed by atoms with Crippen LogP contribution in [0.15, 0.2) is 48.5 Å².